The minimum atomic E-state index is -0.520. The fourth-order valence-electron chi connectivity index (χ4n) is 2.34. The number of hydrogen-bond donors (Lipinski definition) is 2. The summed E-state index contributed by atoms with van der Waals surface area (Å²) < 4.78 is 18.9. The Kier molecular flexibility index (Phi) is 4.57. The number of nitrogens with one attached hydrogen (secondary N) is 2. The van der Waals surface area contributed by atoms with E-state index in [0.29, 0.717) is 27.5 Å². The first kappa shape index (κ1) is 15.4. The molecule has 0 amide bonds. The van der Waals surface area contributed by atoms with Crippen LogP contribution in [0.25, 0.3) is 0 Å². The van der Waals surface area contributed by atoms with Crippen LogP contribution < -0.4 is 10.6 Å². The highest BCUT2D eigenvalue weighted by Crippen LogP contribution is 2.30. The van der Waals surface area contributed by atoms with Crippen LogP contribution >= 0.6 is 12.2 Å². The molecule has 1 aromatic carbocycles. The first-order chi connectivity index (χ1) is 9.95. The van der Waals surface area contributed by atoms with Crippen LogP contribution in [0.4, 0.5) is 4.39 Å². The summed E-state index contributed by atoms with van der Waals surface area (Å²) in [5, 5.41) is 6.32. The molecule has 1 aliphatic heterocycles. The summed E-state index contributed by atoms with van der Waals surface area (Å²) in [7, 11) is 0. The smallest absolute Gasteiger partial charge is 0.338 e. The average Bonchev–Trinajstić information content (AvgIpc) is 2.41. The van der Waals surface area contributed by atoms with Gasteiger partial charge in [-0.05, 0) is 50.2 Å². The minimum absolute atomic E-state index is 0.273. The van der Waals surface area contributed by atoms with E-state index in [9.17, 15) is 9.18 Å². The number of rotatable bonds is 3. The number of ether oxygens (including phenoxy) is 1. The number of benzene rings is 1. The van der Waals surface area contributed by atoms with Crippen LogP contribution in [0.3, 0.4) is 0 Å². The molecule has 0 spiro atoms. The maximum Gasteiger partial charge on any atom is 0.338 e. The lowest BCUT2D eigenvalue weighted by Gasteiger charge is -2.30. The number of carbonyl (C=O) groups excluding carboxylic acids is 1. The Morgan fingerprint density at radius 2 is 2.14 bits per heavy atom. The Bertz CT molecular complexity index is 628. The molecule has 1 atom stereocenters. The minimum Gasteiger partial charge on any atom is -0.463 e. The first-order valence-electron chi connectivity index (χ1n) is 6.66. The molecule has 0 aliphatic carbocycles. The number of hydrogen-bond acceptors (Lipinski definition) is 3. The van der Waals surface area contributed by atoms with Crippen molar-refractivity contribution >= 4 is 23.3 Å². The van der Waals surface area contributed by atoms with Crippen LogP contribution in [0, 0.1) is 12.7 Å². The summed E-state index contributed by atoms with van der Waals surface area (Å²) in [6.45, 7) is 5.44. The van der Waals surface area contributed by atoms with Crippen LogP contribution in [-0.4, -0.2) is 17.7 Å². The van der Waals surface area contributed by atoms with Gasteiger partial charge in [-0.3, -0.25) is 0 Å². The molecule has 0 saturated carbocycles. The van der Waals surface area contributed by atoms with Gasteiger partial charge >= 0.3 is 5.97 Å². The van der Waals surface area contributed by atoms with Gasteiger partial charge < -0.3 is 15.4 Å². The normalized spacial score (nSPS) is 18.1. The molecular formula is C15H17FN2O2S. The Morgan fingerprint density at radius 3 is 2.81 bits per heavy atom. The third kappa shape index (κ3) is 3.05. The molecule has 4 nitrogen and oxygen atoms in total. The Hall–Kier alpha value is -1.95. The fourth-order valence-corrected chi connectivity index (χ4v) is 2.61. The van der Waals surface area contributed by atoms with Crippen molar-refractivity contribution in [2.45, 2.75) is 26.8 Å². The topological polar surface area (TPSA) is 50.4 Å². The van der Waals surface area contributed by atoms with Gasteiger partial charge in [-0.15, -0.1) is 0 Å². The van der Waals surface area contributed by atoms with Gasteiger partial charge in [0.1, 0.15) is 5.82 Å². The third-order valence-electron chi connectivity index (χ3n) is 3.39. The monoisotopic (exact) mass is 308 g/mol. The van der Waals surface area contributed by atoms with E-state index in [-0.39, 0.29) is 12.4 Å². The Balaban J connectivity index is 2.52. The highest BCUT2D eigenvalue weighted by Gasteiger charge is 2.32. The van der Waals surface area contributed by atoms with Crippen LogP contribution in [0.2, 0.25) is 0 Å². The number of esters is 1. The second-order valence-electron chi connectivity index (χ2n) is 4.74. The molecule has 6 heteroatoms. The van der Waals surface area contributed by atoms with E-state index in [1.54, 1.807) is 32.9 Å². The van der Waals surface area contributed by atoms with Gasteiger partial charge in [0.05, 0.1) is 18.2 Å². The third-order valence-corrected chi connectivity index (χ3v) is 3.60. The maximum absolute atomic E-state index is 13.8. The zero-order valence-electron chi connectivity index (χ0n) is 12.1. The van der Waals surface area contributed by atoms with Gasteiger partial charge in [0.2, 0.25) is 0 Å². The largest absolute Gasteiger partial charge is 0.463 e. The van der Waals surface area contributed by atoms with Crippen molar-refractivity contribution in [3.05, 3.63) is 46.4 Å². The molecule has 21 heavy (non-hydrogen) atoms. The zero-order chi connectivity index (χ0) is 15.6. The molecule has 2 rings (SSSR count). The van der Waals surface area contributed by atoms with E-state index in [1.165, 1.54) is 6.07 Å². The lowest BCUT2D eigenvalue weighted by Crippen LogP contribution is -2.45. The van der Waals surface area contributed by atoms with E-state index >= 15 is 0 Å². The molecule has 1 aliphatic rings. The van der Waals surface area contributed by atoms with Crippen molar-refractivity contribution in [3.63, 3.8) is 0 Å². The molecule has 0 aromatic heterocycles. The molecule has 0 radical (unpaired) electrons. The number of carbonyl (C=O) groups is 1. The summed E-state index contributed by atoms with van der Waals surface area (Å²) in [4.78, 5) is 12.2. The van der Waals surface area contributed by atoms with Gasteiger partial charge in [0.25, 0.3) is 0 Å². The van der Waals surface area contributed by atoms with Gasteiger partial charge in [-0.1, -0.05) is 12.1 Å². The Labute approximate surface area is 128 Å². The molecule has 2 N–H and O–H groups in total. The first-order valence-corrected chi connectivity index (χ1v) is 7.07. The number of allylic oxidation sites excluding steroid dienone is 1. The van der Waals surface area contributed by atoms with Crippen LogP contribution in [0.15, 0.2) is 29.5 Å². The van der Waals surface area contributed by atoms with Gasteiger partial charge in [0.15, 0.2) is 5.11 Å². The lowest BCUT2D eigenvalue weighted by molar-refractivity contribution is -0.139. The molecule has 0 fully saturated rings. The summed E-state index contributed by atoms with van der Waals surface area (Å²) in [6, 6.07) is 4.26. The Morgan fingerprint density at radius 1 is 1.43 bits per heavy atom. The van der Waals surface area contributed by atoms with Crippen molar-refractivity contribution in [2.24, 2.45) is 0 Å². The van der Waals surface area contributed by atoms with Gasteiger partial charge in [-0.25, -0.2) is 9.18 Å². The highest BCUT2D eigenvalue weighted by molar-refractivity contribution is 7.80. The van der Waals surface area contributed by atoms with Crippen LogP contribution in [-0.2, 0) is 9.53 Å². The van der Waals surface area contributed by atoms with E-state index in [2.05, 4.69) is 10.6 Å². The molecule has 0 saturated heterocycles. The number of halogens is 1. The summed E-state index contributed by atoms with van der Waals surface area (Å²) in [6.07, 6.45) is 0. The van der Waals surface area contributed by atoms with Crippen LogP contribution in [0.5, 0.6) is 0 Å². The van der Waals surface area contributed by atoms with Crippen molar-refractivity contribution in [1.82, 2.24) is 10.6 Å². The predicted octanol–water partition coefficient (Wildman–Crippen LogP) is 2.49. The summed E-state index contributed by atoms with van der Waals surface area (Å²) in [5.74, 6) is -0.759. The zero-order valence-corrected chi connectivity index (χ0v) is 12.9. The summed E-state index contributed by atoms with van der Waals surface area (Å²) in [5.41, 5.74) is 2.18. The highest BCUT2D eigenvalue weighted by atomic mass is 32.1. The average molecular weight is 308 g/mol. The molecule has 0 bridgehead atoms. The fraction of sp³-hybridized carbons (Fsp3) is 0.333. The molecule has 1 unspecified atom stereocenters. The molecule has 112 valence electrons. The molecular weight excluding hydrogens is 291 g/mol. The number of thiocarbonyl (C=S) groups is 1. The van der Waals surface area contributed by atoms with E-state index in [1.807, 2.05) is 0 Å². The van der Waals surface area contributed by atoms with Gasteiger partial charge in [-0.2, -0.15) is 0 Å². The van der Waals surface area contributed by atoms with E-state index in [0.717, 1.165) is 0 Å². The second-order valence-corrected chi connectivity index (χ2v) is 5.15. The molecule has 1 aromatic rings. The maximum atomic E-state index is 13.8. The van der Waals surface area contributed by atoms with Gasteiger partial charge in [0, 0.05) is 5.70 Å². The summed E-state index contributed by atoms with van der Waals surface area (Å²) >= 11 is 5.14. The SMILES string of the molecule is CCOC(=O)C1=C(C)NC(=S)NC1c1cccc(F)c1C. The van der Waals surface area contributed by atoms with Crippen molar-refractivity contribution in [2.75, 3.05) is 6.61 Å². The van der Waals surface area contributed by atoms with E-state index < -0.39 is 12.0 Å². The lowest BCUT2D eigenvalue weighted by atomic mass is 9.92. The van der Waals surface area contributed by atoms with Crippen molar-refractivity contribution in [1.29, 1.82) is 0 Å². The van der Waals surface area contributed by atoms with Crippen molar-refractivity contribution < 1.29 is 13.9 Å². The quantitative estimate of drug-likeness (QED) is 0.664. The van der Waals surface area contributed by atoms with Crippen LogP contribution in [0.1, 0.15) is 31.0 Å². The molecule has 1 heterocycles. The van der Waals surface area contributed by atoms with E-state index in [4.69, 9.17) is 17.0 Å². The predicted molar refractivity (Wildman–Crippen MR) is 82.1 cm³/mol. The van der Waals surface area contributed by atoms with Crippen molar-refractivity contribution in [3.8, 4) is 0 Å². The standard InChI is InChI=1S/C15H17FN2O2S/c1-4-20-14(19)12-9(3)17-15(21)18-13(12)10-6-5-7-11(16)8(10)2/h5-7,13H,4H2,1-3H3,(H2,17,18,21). The second kappa shape index (κ2) is 6.22.